The van der Waals surface area contributed by atoms with E-state index in [-0.39, 0.29) is 29.6 Å². The second kappa shape index (κ2) is 4.97. The van der Waals surface area contributed by atoms with Crippen LogP contribution in [-0.4, -0.2) is 47.6 Å². The standard InChI is InChI=1S/C14H17N5O3/c1-8(2)18-6-9(3)19-10(13(18)22)11(20)12(21)16-14(19)17-5-4-15-7-17/h4-5,7-9,20H,6H2,1-3H3/t9-/m0/s1. The highest BCUT2D eigenvalue weighted by molar-refractivity contribution is 5.96. The third-order valence-electron chi connectivity index (χ3n) is 3.81. The van der Waals surface area contributed by atoms with Crippen molar-refractivity contribution in [3.8, 4) is 11.7 Å². The molecule has 3 heterocycles. The van der Waals surface area contributed by atoms with Gasteiger partial charge in [-0.15, -0.1) is 0 Å². The molecule has 0 saturated carbocycles. The molecule has 116 valence electrons. The van der Waals surface area contributed by atoms with Crippen molar-refractivity contribution in [3.63, 3.8) is 0 Å². The van der Waals surface area contributed by atoms with Crippen LogP contribution in [0.1, 0.15) is 37.3 Å². The number of aromatic hydroxyl groups is 1. The fourth-order valence-corrected chi connectivity index (χ4v) is 2.72. The van der Waals surface area contributed by atoms with E-state index in [1.807, 2.05) is 20.8 Å². The molecule has 0 radical (unpaired) electrons. The van der Waals surface area contributed by atoms with Gasteiger partial charge in [0.1, 0.15) is 6.33 Å². The Morgan fingerprint density at radius 2 is 2.09 bits per heavy atom. The van der Waals surface area contributed by atoms with Crippen LogP contribution >= 0.6 is 0 Å². The van der Waals surface area contributed by atoms with Crippen molar-refractivity contribution < 1.29 is 9.90 Å². The van der Waals surface area contributed by atoms with E-state index in [4.69, 9.17) is 0 Å². The molecule has 0 bridgehead atoms. The topological polar surface area (TPSA) is 93.2 Å². The molecule has 8 heteroatoms. The zero-order valence-electron chi connectivity index (χ0n) is 12.6. The smallest absolute Gasteiger partial charge is 0.317 e. The molecular formula is C14H17N5O3. The van der Waals surface area contributed by atoms with Crippen molar-refractivity contribution in [1.82, 2.24) is 24.0 Å². The Morgan fingerprint density at radius 1 is 1.36 bits per heavy atom. The van der Waals surface area contributed by atoms with Crippen LogP contribution in [0.4, 0.5) is 0 Å². The van der Waals surface area contributed by atoms with E-state index in [0.717, 1.165) is 0 Å². The van der Waals surface area contributed by atoms with E-state index in [1.54, 1.807) is 26.4 Å². The quantitative estimate of drug-likeness (QED) is 0.875. The second-order valence-corrected chi connectivity index (χ2v) is 5.65. The van der Waals surface area contributed by atoms with Crippen molar-refractivity contribution in [1.29, 1.82) is 0 Å². The van der Waals surface area contributed by atoms with E-state index >= 15 is 0 Å². The first-order valence-corrected chi connectivity index (χ1v) is 7.06. The van der Waals surface area contributed by atoms with Gasteiger partial charge in [0.05, 0.1) is 6.04 Å². The number of fused-ring (bicyclic) bond motifs is 1. The minimum Gasteiger partial charge on any atom is -0.501 e. The molecule has 1 N–H and O–H groups in total. The number of amides is 1. The van der Waals surface area contributed by atoms with Crippen molar-refractivity contribution in [2.24, 2.45) is 0 Å². The first-order valence-electron chi connectivity index (χ1n) is 7.06. The predicted molar refractivity (Wildman–Crippen MR) is 78.2 cm³/mol. The van der Waals surface area contributed by atoms with Crippen LogP contribution < -0.4 is 5.56 Å². The fourth-order valence-electron chi connectivity index (χ4n) is 2.72. The second-order valence-electron chi connectivity index (χ2n) is 5.65. The molecule has 0 fully saturated rings. The fraction of sp³-hybridized carbons (Fsp3) is 0.429. The average Bonchev–Trinajstić information content (AvgIpc) is 2.99. The Labute approximate surface area is 126 Å². The lowest BCUT2D eigenvalue weighted by Crippen LogP contribution is -2.47. The lowest BCUT2D eigenvalue weighted by atomic mass is 10.1. The van der Waals surface area contributed by atoms with Crippen molar-refractivity contribution >= 4 is 5.91 Å². The maximum Gasteiger partial charge on any atom is 0.317 e. The summed E-state index contributed by atoms with van der Waals surface area (Å²) in [4.78, 5) is 34.1. The number of nitrogens with zero attached hydrogens (tertiary/aromatic N) is 5. The van der Waals surface area contributed by atoms with Crippen LogP contribution in [0, 0.1) is 0 Å². The summed E-state index contributed by atoms with van der Waals surface area (Å²) in [5.74, 6) is -0.697. The van der Waals surface area contributed by atoms with Gasteiger partial charge in [-0.05, 0) is 20.8 Å². The highest BCUT2D eigenvalue weighted by Gasteiger charge is 2.35. The van der Waals surface area contributed by atoms with Crippen LogP contribution in [0.25, 0.3) is 5.95 Å². The third kappa shape index (κ3) is 1.99. The van der Waals surface area contributed by atoms with Crippen molar-refractivity contribution in [3.05, 3.63) is 34.8 Å². The summed E-state index contributed by atoms with van der Waals surface area (Å²) < 4.78 is 3.15. The number of carbonyl (C=O) groups is 1. The predicted octanol–water partition coefficient (Wildman–Crippen LogP) is 0.560. The molecule has 1 amide bonds. The van der Waals surface area contributed by atoms with Crippen LogP contribution in [0.2, 0.25) is 0 Å². The highest BCUT2D eigenvalue weighted by atomic mass is 16.3. The van der Waals surface area contributed by atoms with Gasteiger partial charge in [-0.1, -0.05) is 0 Å². The van der Waals surface area contributed by atoms with Crippen molar-refractivity contribution in [2.75, 3.05) is 6.54 Å². The van der Waals surface area contributed by atoms with E-state index < -0.39 is 11.3 Å². The summed E-state index contributed by atoms with van der Waals surface area (Å²) in [5, 5.41) is 10.1. The Balaban J connectivity index is 2.30. The van der Waals surface area contributed by atoms with Gasteiger partial charge in [-0.25, -0.2) is 4.98 Å². The first kappa shape index (κ1) is 14.3. The number of aromatic nitrogens is 4. The Morgan fingerprint density at radius 3 is 2.68 bits per heavy atom. The zero-order chi connectivity index (χ0) is 16.0. The summed E-state index contributed by atoms with van der Waals surface area (Å²) in [6.07, 6.45) is 4.69. The lowest BCUT2D eigenvalue weighted by molar-refractivity contribution is 0.0605. The molecule has 22 heavy (non-hydrogen) atoms. The minimum atomic E-state index is -0.818. The summed E-state index contributed by atoms with van der Waals surface area (Å²) >= 11 is 0. The van der Waals surface area contributed by atoms with E-state index in [2.05, 4.69) is 9.97 Å². The van der Waals surface area contributed by atoms with Gasteiger partial charge in [0.2, 0.25) is 11.7 Å². The molecule has 0 unspecified atom stereocenters. The third-order valence-corrected chi connectivity index (χ3v) is 3.81. The number of imidazole rings is 1. The number of rotatable bonds is 2. The van der Waals surface area contributed by atoms with Gasteiger partial charge in [0, 0.05) is 25.0 Å². The van der Waals surface area contributed by atoms with Crippen molar-refractivity contribution in [2.45, 2.75) is 32.9 Å². The summed E-state index contributed by atoms with van der Waals surface area (Å²) in [6.45, 7) is 6.19. The van der Waals surface area contributed by atoms with Crippen LogP contribution in [0.15, 0.2) is 23.5 Å². The van der Waals surface area contributed by atoms with Crippen LogP contribution in [-0.2, 0) is 0 Å². The maximum atomic E-state index is 12.7. The first-order chi connectivity index (χ1) is 10.4. The molecule has 0 saturated heterocycles. The number of hydrogen-bond acceptors (Lipinski definition) is 5. The molecule has 2 aromatic rings. The zero-order valence-corrected chi connectivity index (χ0v) is 12.6. The maximum absolute atomic E-state index is 12.7. The largest absolute Gasteiger partial charge is 0.501 e. The van der Waals surface area contributed by atoms with Crippen LogP contribution in [0.3, 0.4) is 0 Å². The van der Waals surface area contributed by atoms with E-state index in [9.17, 15) is 14.7 Å². The summed E-state index contributed by atoms with van der Waals surface area (Å²) in [6, 6.07) is -0.158. The van der Waals surface area contributed by atoms with Gasteiger partial charge in [0.15, 0.2) is 5.69 Å². The Kier molecular flexibility index (Phi) is 3.23. The van der Waals surface area contributed by atoms with E-state index in [1.165, 1.54) is 6.33 Å². The van der Waals surface area contributed by atoms with Gasteiger partial charge in [-0.2, -0.15) is 4.98 Å². The SMILES string of the molecule is CC(C)N1C[C@H](C)n2c(-n3ccnc3)nc(=O)c(O)c2C1=O. The van der Waals surface area contributed by atoms with Gasteiger partial charge < -0.3 is 10.0 Å². The molecule has 1 aliphatic rings. The molecule has 8 nitrogen and oxygen atoms in total. The lowest BCUT2D eigenvalue weighted by Gasteiger charge is -2.37. The van der Waals surface area contributed by atoms with Crippen LogP contribution in [0.5, 0.6) is 5.75 Å². The highest BCUT2D eigenvalue weighted by Crippen LogP contribution is 2.28. The molecule has 0 aromatic carbocycles. The van der Waals surface area contributed by atoms with Gasteiger partial charge in [0.25, 0.3) is 5.91 Å². The normalized spacial score (nSPS) is 17.9. The Bertz CT molecular complexity index is 779. The molecule has 0 aliphatic carbocycles. The number of hydrogen-bond donors (Lipinski definition) is 1. The van der Waals surface area contributed by atoms with Gasteiger partial charge in [-0.3, -0.25) is 18.7 Å². The molecule has 1 aliphatic heterocycles. The summed E-state index contributed by atoms with van der Waals surface area (Å²) in [7, 11) is 0. The van der Waals surface area contributed by atoms with Gasteiger partial charge >= 0.3 is 5.56 Å². The molecule has 2 aromatic heterocycles. The molecular weight excluding hydrogens is 286 g/mol. The number of carbonyl (C=O) groups excluding carboxylic acids is 1. The molecule has 3 rings (SSSR count). The Hall–Kier alpha value is -2.64. The minimum absolute atomic E-state index is 0.0175. The monoisotopic (exact) mass is 303 g/mol. The summed E-state index contributed by atoms with van der Waals surface area (Å²) in [5.41, 5.74) is -0.836. The average molecular weight is 303 g/mol. The molecule has 1 atom stereocenters. The molecule has 0 spiro atoms. The van der Waals surface area contributed by atoms with E-state index in [0.29, 0.717) is 6.54 Å².